The molecule has 1 amide bonds. The van der Waals surface area contributed by atoms with Crippen molar-refractivity contribution < 1.29 is 9.90 Å². The number of amides is 1. The third-order valence-corrected chi connectivity index (χ3v) is 2.25. The minimum Gasteiger partial charge on any atom is -0.465 e. The van der Waals surface area contributed by atoms with Crippen LogP contribution in [0.3, 0.4) is 0 Å². The average Bonchev–Trinajstić information content (AvgIpc) is 2.20. The molecule has 0 saturated carbocycles. The minimum atomic E-state index is -0.961. The fraction of sp³-hybridized carbons (Fsp3) is 0.417. The van der Waals surface area contributed by atoms with Crippen LogP contribution < -0.4 is 5.32 Å². The Kier molecular flexibility index (Phi) is 4.68. The summed E-state index contributed by atoms with van der Waals surface area (Å²) in [6, 6.07) is 8.35. The Labute approximate surface area is 90.1 Å². The van der Waals surface area contributed by atoms with E-state index in [1.54, 1.807) is 0 Å². The van der Waals surface area contributed by atoms with Gasteiger partial charge in [-0.3, -0.25) is 0 Å². The van der Waals surface area contributed by atoms with Crippen molar-refractivity contribution in [3.8, 4) is 0 Å². The Morgan fingerprint density at radius 3 is 2.20 bits per heavy atom. The van der Waals surface area contributed by atoms with E-state index < -0.39 is 6.09 Å². The van der Waals surface area contributed by atoms with Gasteiger partial charge in [0.15, 0.2) is 0 Å². The molecule has 15 heavy (non-hydrogen) atoms. The quantitative estimate of drug-likeness (QED) is 0.779. The molecular weight excluding hydrogens is 190 g/mol. The molecule has 0 bridgehead atoms. The number of carbonyl (C=O) groups is 1. The Morgan fingerprint density at radius 1 is 1.20 bits per heavy atom. The highest BCUT2D eigenvalue weighted by atomic mass is 16.4. The number of aryl methyl sites for hydroxylation is 1. The molecule has 0 radical (unpaired) electrons. The maximum absolute atomic E-state index is 10.2. The third-order valence-electron chi connectivity index (χ3n) is 2.25. The second-order valence-corrected chi connectivity index (χ2v) is 3.55. The molecule has 0 unspecified atom stereocenters. The summed E-state index contributed by atoms with van der Waals surface area (Å²) in [7, 11) is 0. The number of rotatable bonds is 5. The Morgan fingerprint density at radius 2 is 1.73 bits per heavy atom. The van der Waals surface area contributed by atoms with Crippen LogP contribution in [-0.2, 0) is 12.8 Å². The normalized spacial score (nSPS) is 9.93. The van der Waals surface area contributed by atoms with Crippen LogP contribution in [0.1, 0.15) is 24.5 Å². The van der Waals surface area contributed by atoms with Crippen LogP contribution in [-0.4, -0.2) is 17.7 Å². The van der Waals surface area contributed by atoms with Gasteiger partial charge in [-0.15, -0.1) is 0 Å². The predicted molar refractivity (Wildman–Crippen MR) is 60.2 cm³/mol. The summed E-state index contributed by atoms with van der Waals surface area (Å²) in [6.07, 6.45) is 2.05. The molecule has 1 aromatic carbocycles. The van der Waals surface area contributed by atoms with Gasteiger partial charge in [0.2, 0.25) is 0 Å². The lowest BCUT2D eigenvalue weighted by Crippen LogP contribution is -2.23. The van der Waals surface area contributed by atoms with E-state index in [9.17, 15) is 4.79 Å². The summed E-state index contributed by atoms with van der Waals surface area (Å²) >= 11 is 0. The summed E-state index contributed by atoms with van der Waals surface area (Å²) in [5, 5.41) is 10.7. The first-order valence-electron chi connectivity index (χ1n) is 5.27. The first-order valence-corrected chi connectivity index (χ1v) is 5.27. The largest absolute Gasteiger partial charge is 0.465 e. The zero-order chi connectivity index (χ0) is 11.1. The molecule has 0 spiro atoms. The molecule has 0 aromatic heterocycles. The van der Waals surface area contributed by atoms with Crippen molar-refractivity contribution >= 4 is 6.09 Å². The maximum Gasteiger partial charge on any atom is 0.404 e. The molecule has 82 valence electrons. The van der Waals surface area contributed by atoms with E-state index in [-0.39, 0.29) is 0 Å². The summed E-state index contributed by atoms with van der Waals surface area (Å²) in [4.78, 5) is 10.2. The fourth-order valence-electron chi connectivity index (χ4n) is 1.48. The monoisotopic (exact) mass is 207 g/mol. The van der Waals surface area contributed by atoms with E-state index in [0.717, 1.165) is 19.3 Å². The Balaban J connectivity index is 2.39. The van der Waals surface area contributed by atoms with E-state index in [1.165, 1.54) is 11.1 Å². The highest BCUT2D eigenvalue weighted by Crippen LogP contribution is 2.06. The van der Waals surface area contributed by atoms with E-state index >= 15 is 0 Å². The SMILES string of the molecule is CCCc1ccc(CCNC(=O)O)cc1. The van der Waals surface area contributed by atoms with Gasteiger partial charge < -0.3 is 10.4 Å². The van der Waals surface area contributed by atoms with Crippen molar-refractivity contribution in [1.82, 2.24) is 5.32 Å². The van der Waals surface area contributed by atoms with Gasteiger partial charge in [0.05, 0.1) is 0 Å². The standard InChI is InChI=1S/C12H17NO2/c1-2-3-10-4-6-11(7-5-10)8-9-13-12(14)15/h4-7,13H,2-3,8-9H2,1H3,(H,14,15). The van der Waals surface area contributed by atoms with Crippen molar-refractivity contribution in [2.24, 2.45) is 0 Å². The van der Waals surface area contributed by atoms with Crippen molar-refractivity contribution in [2.75, 3.05) is 6.54 Å². The maximum atomic E-state index is 10.2. The highest BCUT2D eigenvalue weighted by Gasteiger charge is 1.96. The highest BCUT2D eigenvalue weighted by molar-refractivity contribution is 5.64. The molecule has 1 rings (SSSR count). The third kappa shape index (κ3) is 4.49. The first-order chi connectivity index (χ1) is 7.22. The van der Waals surface area contributed by atoms with Crippen molar-refractivity contribution in [3.63, 3.8) is 0 Å². The van der Waals surface area contributed by atoms with Gasteiger partial charge in [0.1, 0.15) is 0 Å². The van der Waals surface area contributed by atoms with Gasteiger partial charge >= 0.3 is 6.09 Å². The second-order valence-electron chi connectivity index (χ2n) is 3.55. The van der Waals surface area contributed by atoms with Gasteiger partial charge in [-0.05, 0) is 24.0 Å². The Hall–Kier alpha value is -1.51. The molecular formula is C12H17NO2. The van der Waals surface area contributed by atoms with Crippen molar-refractivity contribution in [3.05, 3.63) is 35.4 Å². The second kappa shape index (κ2) is 6.06. The van der Waals surface area contributed by atoms with E-state index in [4.69, 9.17) is 5.11 Å². The van der Waals surface area contributed by atoms with Gasteiger partial charge in [0, 0.05) is 6.54 Å². The zero-order valence-corrected chi connectivity index (χ0v) is 8.99. The molecule has 0 heterocycles. The lowest BCUT2D eigenvalue weighted by Gasteiger charge is -2.03. The fourth-order valence-corrected chi connectivity index (χ4v) is 1.48. The van der Waals surface area contributed by atoms with Crippen LogP contribution in [0.2, 0.25) is 0 Å². The van der Waals surface area contributed by atoms with E-state index in [0.29, 0.717) is 6.54 Å². The molecule has 0 saturated heterocycles. The van der Waals surface area contributed by atoms with Crippen molar-refractivity contribution in [2.45, 2.75) is 26.2 Å². The number of hydrogen-bond acceptors (Lipinski definition) is 1. The van der Waals surface area contributed by atoms with Crippen LogP contribution in [0.5, 0.6) is 0 Å². The lowest BCUT2D eigenvalue weighted by molar-refractivity contribution is 0.194. The lowest BCUT2D eigenvalue weighted by atomic mass is 10.1. The van der Waals surface area contributed by atoms with Crippen molar-refractivity contribution in [1.29, 1.82) is 0 Å². The van der Waals surface area contributed by atoms with Crippen LogP contribution in [0, 0.1) is 0 Å². The van der Waals surface area contributed by atoms with E-state index in [2.05, 4.69) is 36.5 Å². The van der Waals surface area contributed by atoms with Gasteiger partial charge in [-0.2, -0.15) is 0 Å². The van der Waals surface area contributed by atoms with Gasteiger partial charge in [-0.25, -0.2) is 4.79 Å². The molecule has 0 atom stereocenters. The summed E-state index contributed by atoms with van der Waals surface area (Å²) in [5.41, 5.74) is 2.51. The van der Waals surface area contributed by atoms with Gasteiger partial charge in [-0.1, -0.05) is 37.6 Å². The predicted octanol–water partition coefficient (Wildman–Crippen LogP) is 2.45. The molecule has 2 N–H and O–H groups in total. The van der Waals surface area contributed by atoms with Crippen LogP contribution in [0.25, 0.3) is 0 Å². The molecule has 3 nitrogen and oxygen atoms in total. The summed E-state index contributed by atoms with van der Waals surface area (Å²) in [6.45, 7) is 2.63. The van der Waals surface area contributed by atoms with E-state index in [1.807, 2.05) is 0 Å². The zero-order valence-electron chi connectivity index (χ0n) is 8.99. The minimum absolute atomic E-state index is 0.475. The number of benzene rings is 1. The summed E-state index contributed by atoms with van der Waals surface area (Å²) < 4.78 is 0. The molecule has 0 aliphatic carbocycles. The molecule has 0 aliphatic rings. The van der Waals surface area contributed by atoms with Crippen LogP contribution in [0.15, 0.2) is 24.3 Å². The molecule has 3 heteroatoms. The number of hydrogen-bond donors (Lipinski definition) is 2. The average molecular weight is 207 g/mol. The van der Waals surface area contributed by atoms with Crippen LogP contribution in [0.4, 0.5) is 4.79 Å². The number of carboxylic acid groups (broad SMARTS) is 1. The smallest absolute Gasteiger partial charge is 0.404 e. The Bertz CT molecular complexity index is 306. The number of nitrogens with one attached hydrogen (secondary N) is 1. The first kappa shape index (κ1) is 11.6. The summed E-state index contributed by atoms with van der Waals surface area (Å²) in [5.74, 6) is 0. The molecule has 1 aromatic rings. The molecule has 0 aliphatic heterocycles. The topological polar surface area (TPSA) is 49.3 Å². The van der Waals surface area contributed by atoms with Crippen LogP contribution >= 0.6 is 0 Å². The molecule has 0 fully saturated rings. The van der Waals surface area contributed by atoms with Gasteiger partial charge in [0.25, 0.3) is 0 Å².